The Bertz CT molecular complexity index is 305. The van der Waals surface area contributed by atoms with Gasteiger partial charge in [-0.25, -0.2) is 0 Å². The van der Waals surface area contributed by atoms with Crippen LogP contribution in [0.4, 0.5) is 13.2 Å². The molecule has 1 aromatic rings. The maximum atomic E-state index is 12.0. The normalized spacial score (nSPS) is 11.9. The summed E-state index contributed by atoms with van der Waals surface area (Å²) in [5, 5.41) is 0. The number of ether oxygens (including phenoxy) is 1. The number of halogens is 3. The van der Waals surface area contributed by atoms with Gasteiger partial charge < -0.3 is 4.74 Å². The largest absolute Gasteiger partial charge is 0.491 e. The third-order valence-corrected chi connectivity index (χ3v) is 2.17. The van der Waals surface area contributed by atoms with Crippen LogP contribution < -0.4 is 4.74 Å². The zero-order valence-corrected chi connectivity index (χ0v) is 9.15. The molecule has 0 aliphatic heterocycles. The van der Waals surface area contributed by atoms with Gasteiger partial charge in [-0.05, 0) is 49.9 Å². The van der Waals surface area contributed by atoms with E-state index < -0.39 is 5.51 Å². The topological polar surface area (TPSA) is 9.23 Å². The molecule has 0 bridgehead atoms. The minimum atomic E-state index is -4.24. The predicted molar refractivity (Wildman–Crippen MR) is 54.1 cm³/mol. The Balaban J connectivity index is 2.64. The van der Waals surface area contributed by atoms with Gasteiger partial charge >= 0.3 is 5.51 Å². The Morgan fingerprint density at radius 1 is 1.13 bits per heavy atom. The fraction of sp³-hybridized carbons (Fsp3) is 0.400. The SMILES string of the molecule is CC(C)Oc1ccc(SC(F)(F)F)cc1. The van der Waals surface area contributed by atoms with Crippen molar-refractivity contribution in [3.63, 3.8) is 0 Å². The van der Waals surface area contributed by atoms with Crippen molar-refractivity contribution >= 4 is 11.8 Å². The van der Waals surface area contributed by atoms with E-state index in [1.54, 1.807) is 0 Å². The number of alkyl halides is 3. The van der Waals surface area contributed by atoms with Crippen molar-refractivity contribution in [2.45, 2.75) is 30.4 Å². The Hall–Kier alpha value is -0.840. The first-order valence-corrected chi connectivity index (χ1v) is 5.21. The van der Waals surface area contributed by atoms with Crippen molar-refractivity contribution in [2.75, 3.05) is 0 Å². The van der Waals surface area contributed by atoms with Crippen LogP contribution in [0.25, 0.3) is 0 Å². The Kier molecular flexibility index (Phi) is 3.90. The molecule has 84 valence electrons. The highest BCUT2D eigenvalue weighted by atomic mass is 32.2. The van der Waals surface area contributed by atoms with Gasteiger partial charge in [0.1, 0.15) is 5.75 Å². The van der Waals surface area contributed by atoms with Crippen LogP contribution in [-0.2, 0) is 0 Å². The smallest absolute Gasteiger partial charge is 0.446 e. The number of hydrogen-bond donors (Lipinski definition) is 0. The molecule has 0 saturated carbocycles. The molecule has 0 unspecified atom stereocenters. The first-order chi connectivity index (χ1) is 6.87. The second kappa shape index (κ2) is 4.79. The number of rotatable bonds is 3. The Morgan fingerprint density at radius 2 is 1.67 bits per heavy atom. The zero-order valence-electron chi connectivity index (χ0n) is 8.34. The van der Waals surface area contributed by atoms with Crippen LogP contribution in [-0.4, -0.2) is 11.6 Å². The molecule has 0 aliphatic carbocycles. The van der Waals surface area contributed by atoms with Gasteiger partial charge in [-0.1, -0.05) is 0 Å². The fourth-order valence-corrected chi connectivity index (χ4v) is 1.53. The average molecular weight is 236 g/mol. The molecule has 0 aromatic heterocycles. The maximum absolute atomic E-state index is 12.0. The van der Waals surface area contributed by atoms with Crippen LogP contribution in [0.5, 0.6) is 5.75 Å². The van der Waals surface area contributed by atoms with E-state index in [0.717, 1.165) is 0 Å². The molecule has 0 spiro atoms. The first kappa shape index (κ1) is 12.2. The lowest BCUT2D eigenvalue weighted by molar-refractivity contribution is -0.0328. The predicted octanol–water partition coefficient (Wildman–Crippen LogP) is 4.09. The summed E-state index contributed by atoms with van der Waals surface area (Å²) in [5.74, 6) is 0.580. The highest BCUT2D eigenvalue weighted by molar-refractivity contribution is 8.00. The lowest BCUT2D eigenvalue weighted by Gasteiger charge is -2.10. The fourth-order valence-electron chi connectivity index (χ4n) is 0.992. The molecule has 15 heavy (non-hydrogen) atoms. The minimum absolute atomic E-state index is 0.0196. The molecule has 0 radical (unpaired) electrons. The van der Waals surface area contributed by atoms with Gasteiger partial charge in [0.15, 0.2) is 0 Å². The van der Waals surface area contributed by atoms with E-state index in [9.17, 15) is 13.2 Å². The molecule has 0 heterocycles. The van der Waals surface area contributed by atoms with E-state index in [1.807, 2.05) is 13.8 Å². The summed E-state index contributed by atoms with van der Waals surface area (Å²) in [7, 11) is 0. The summed E-state index contributed by atoms with van der Waals surface area (Å²) in [6.07, 6.45) is 0.0196. The molecule has 5 heteroatoms. The lowest BCUT2D eigenvalue weighted by Crippen LogP contribution is -2.05. The van der Waals surface area contributed by atoms with Crippen molar-refractivity contribution in [3.8, 4) is 5.75 Å². The number of benzene rings is 1. The average Bonchev–Trinajstić information content (AvgIpc) is 2.05. The summed E-state index contributed by atoms with van der Waals surface area (Å²) in [6.45, 7) is 3.72. The number of hydrogen-bond acceptors (Lipinski definition) is 2. The van der Waals surface area contributed by atoms with Crippen LogP contribution in [0.2, 0.25) is 0 Å². The second-order valence-electron chi connectivity index (χ2n) is 3.19. The lowest BCUT2D eigenvalue weighted by atomic mass is 10.3. The van der Waals surface area contributed by atoms with Crippen molar-refractivity contribution in [3.05, 3.63) is 24.3 Å². The molecule has 0 aliphatic rings. The number of thioether (sulfide) groups is 1. The summed E-state index contributed by atoms with van der Waals surface area (Å²) in [6, 6.07) is 5.87. The van der Waals surface area contributed by atoms with Crippen molar-refractivity contribution < 1.29 is 17.9 Å². The van der Waals surface area contributed by atoms with E-state index >= 15 is 0 Å². The molecule has 0 amide bonds. The standard InChI is InChI=1S/C10H11F3OS/c1-7(2)14-8-3-5-9(6-4-8)15-10(11,12)13/h3-7H,1-2H3. The monoisotopic (exact) mass is 236 g/mol. The van der Waals surface area contributed by atoms with Crippen molar-refractivity contribution in [1.82, 2.24) is 0 Å². The first-order valence-electron chi connectivity index (χ1n) is 4.39. The Morgan fingerprint density at radius 3 is 2.07 bits per heavy atom. The molecule has 1 nitrogen and oxygen atoms in total. The van der Waals surface area contributed by atoms with Gasteiger partial charge in [-0.2, -0.15) is 13.2 Å². The second-order valence-corrected chi connectivity index (χ2v) is 4.32. The summed E-state index contributed by atoms with van der Waals surface area (Å²) in [4.78, 5) is 0.165. The van der Waals surface area contributed by atoms with Crippen molar-refractivity contribution in [1.29, 1.82) is 0 Å². The maximum Gasteiger partial charge on any atom is 0.446 e. The van der Waals surface area contributed by atoms with E-state index in [1.165, 1.54) is 24.3 Å². The summed E-state index contributed by atoms with van der Waals surface area (Å²) >= 11 is -0.127. The van der Waals surface area contributed by atoms with Gasteiger partial charge in [-0.15, -0.1) is 0 Å². The third kappa shape index (κ3) is 4.97. The summed E-state index contributed by atoms with van der Waals surface area (Å²) in [5.41, 5.74) is -4.24. The van der Waals surface area contributed by atoms with Gasteiger partial charge in [0.05, 0.1) is 6.10 Å². The van der Waals surface area contributed by atoms with Crippen LogP contribution >= 0.6 is 11.8 Å². The van der Waals surface area contributed by atoms with Crippen molar-refractivity contribution in [2.24, 2.45) is 0 Å². The molecule has 0 saturated heterocycles. The molecular formula is C10H11F3OS. The van der Waals surface area contributed by atoms with E-state index in [2.05, 4.69) is 0 Å². The molecule has 0 atom stereocenters. The van der Waals surface area contributed by atoms with Crippen LogP contribution in [0, 0.1) is 0 Å². The van der Waals surface area contributed by atoms with E-state index in [4.69, 9.17) is 4.74 Å². The Labute approximate surface area is 90.6 Å². The highest BCUT2D eigenvalue weighted by Gasteiger charge is 2.28. The molecule has 0 fully saturated rings. The highest BCUT2D eigenvalue weighted by Crippen LogP contribution is 2.37. The van der Waals surface area contributed by atoms with Crippen LogP contribution in [0.15, 0.2) is 29.2 Å². The molecular weight excluding hydrogens is 225 g/mol. The van der Waals surface area contributed by atoms with Gasteiger partial charge in [0.2, 0.25) is 0 Å². The minimum Gasteiger partial charge on any atom is -0.491 e. The van der Waals surface area contributed by atoms with Gasteiger partial charge in [0, 0.05) is 4.90 Å². The van der Waals surface area contributed by atoms with Gasteiger partial charge in [-0.3, -0.25) is 0 Å². The van der Waals surface area contributed by atoms with Crippen LogP contribution in [0.3, 0.4) is 0 Å². The molecule has 0 N–H and O–H groups in total. The summed E-state index contributed by atoms with van der Waals surface area (Å²) < 4.78 is 41.3. The third-order valence-electron chi connectivity index (χ3n) is 1.43. The van der Waals surface area contributed by atoms with Gasteiger partial charge in [0.25, 0.3) is 0 Å². The molecule has 1 rings (SSSR count). The van der Waals surface area contributed by atoms with E-state index in [-0.39, 0.29) is 22.8 Å². The van der Waals surface area contributed by atoms with E-state index in [0.29, 0.717) is 5.75 Å². The zero-order chi connectivity index (χ0) is 11.5. The quantitative estimate of drug-likeness (QED) is 0.731. The molecule has 1 aromatic carbocycles. The van der Waals surface area contributed by atoms with Crippen LogP contribution in [0.1, 0.15) is 13.8 Å².